The Balaban J connectivity index is 1.99. The van der Waals surface area contributed by atoms with Gasteiger partial charge in [0, 0.05) is 19.3 Å². The molecular weight excluding hydrogens is 306 g/mol. The number of anilines is 1. The van der Waals surface area contributed by atoms with E-state index in [0.717, 1.165) is 5.56 Å². The first-order chi connectivity index (χ1) is 10.3. The summed E-state index contributed by atoms with van der Waals surface area (Å²) in [6, 6.07) is 6.97. The van der Waals surface area contributed by atoms with Gasteiger partial charge in [-0.2, -0.15) is 5.10 Å². The van der Waals surface area contributed by atoms with Gasteiger partial charge in [-0.15, -0.1) is 0 Å². The Morgan fingerprint density at radius 3 is 2.41 bits per heavy atom. The summed E-state index contributed by atoms with van der Waals surface area (Å²) in [6.45, 7) is 1.78. The average Bonchev–Trinajstić information content (AvgIpc) is 2.83. The highest BCUT2D eigenvalue weighted by molar-refractivity contribution is 7.89. The number of amides is 2. The normalized spacial score (nSPS) is 12.7. The van der Waals surface area contributed by atoms with Gasteiger partial charge in [0.15, 0.2) is 5.82 Å². The van der Waals surface area contributed by atoms with Crippen molar-refractivity contribution >= 4 is 21.9 Å². The predicted molar refractivity (Wildman–Crippen MR) is 81.6 cm³/mol. The largest absolute Gasteiger partial charge is 0.331 e. The number of nitrogens with one attached hydrogen (secondary N) is 2. The third-order valence-electron chi connectivity index (χ3n) is 3.01. The number of hydrogen-bond acceptors (Lipinski definition) is 4. The molecule has 118 valence electrons. The van der Waals surface area contributed by atoms with Crippen LogP contribution >= 0.6 is 0 Å². The molecule has 1 aromatic carbocycles. The van der Waals surface area contributed by atoms with Crippen molar-refractivity contribution in [2.24, 2.45) is 12.2 Å². The van der Waals surface area contributed by atoms with E-state index >= 15 is 0 Å². The molecule has 1 unspecified atom stereocenters. The second-order valence-electron chi connectivity index (χ2n) is 4.81. The van der Waals surface area contributed by atoms with E-state index < -0.39 is 16.1 Å². The fraction of sp³-hybridized carbons (Fsp3) is 0.231. The number of carbonyl (C=O) groups excluding carboxylic acids is 1. The maximum Gasteiger partial charge on any atom is 0.320 e. The first-order valence-electron chi connectivity index (χ1n) is 6.45. The minimum atomic E-state index is -3.72. The van der Waals surface area contributed by atoms with Gasteiger partial charge in [-0.3, -0.25) is 10.00 Å². The molecule has 2 rings (SSSR count). The molecule has 0 fully saturated rings. The van der Waals surface area contributed by atoms with E-state index in [1.807, 2.05) is 0 Å². The fourth-order valence-electron chi connectivity index (χ4n) is 1.86. The van der Waals surface area contributed by atoms with Gasteiger partial charge in [0.25, 0.3) is 0 Å². The Morgan fingerprint density at radius 2 is 1.91 bits per heavy atom. The Morgan fingerprint density at radius 1 is 1.27 bits per heavy atom. The van der Waals surface area contributed by atoms with Crippen molar-refractivity contribution < 1.29 is 13.2 Å². The minimum absolute atomic E-state index is 0.0291. The van der Waals surface area contributed by atoms with Crippen LogP contribution in [0.5, 0.6) is 0 Å². The second kappa shape index (κ2) is 6.16. The van der Waals surface area contributed by atoms with Gasteiger partial charge in [-0.25, -0.2) is 18.4 Å². The van der Waals surface area contributed by atoms with Crippen molar-refractivity contribution in [1.82, 2.24) is 15.1 Å². The van der Waals surface area contributed by atoms with Crippen LogP contribution in [0.1, 0.15) is 18.5 Å². The maximum atomic E-state index is 11.8. The van der Waals surface area contributed by atoms with Gasteiger partial charge >= 0.3 is 6.03 Å². The number of hydrogen-bond donors (Lipinski definition) is 3. The van der Waals surface area contributed by atoms with Crippen LogP contribution < -0.4 is 15.8 Å². The molecule has 0 aliphatic carbocycles. The first kappa shape index (κ1) is 16.0. The lowest BCUT2D eigenvalue weighted by atomic mass is 10.1. The van der Waals surface area contributed by atoms with E-state index in [0.29, 0.717) is 5.82 Å². The molecule has 9 heteroatoms. The molecule has 0 aliphatic rings. The number of nitrogens with zero attached hydrogens (tertiary/aromatic N) is 2. The van der Waals surface area contributed by atoms with Gasteiger partial charge in [0.05, 0.1) is 10.9 Å². The summed E-state index contributed by atoms with van der Waals surface area (Å²) in [6.07, 6.45) is 1.71. The van der Waals surface area contributed by atoms with E-state index in [2.05, 4.69) is 15.7 Å². The minimum Gasteiger partial charge on any atom is -0.331 e. The molecule has 0 radical (unpaired) electrons. The third-order valence-corrected chi connectivity index (χ3v) is 3.94. The predicted octanol–water partition coefficient (Wildman–Crippen LogP) is 0.950. The smallest absolute Gasteiger partial charge is 0.320 e. The van der Waals surface area contributed by atoms with Gasteiger partial charge < -0.3 is 5.32 Å². The molecule has 1 atom stereocenters. The highest BCUT2D eigenvalue weighted by atomic mass is 32.2. The summed E-state index contributed by atoms with van der Waals surface area (Å²) in [7, 11) is -1.97. The SMILES string of the molecule is CC(NC(=O)Nc1ccn(C)n1)c1ccc(S(N)(=O)=O)cc1. The van der Waals surface area contributed by atoms with Crippen LogP contribution in [0.2, 0.25) is 0 Å². The number of aryl methyl sites for hydroxylation is 1. The standard InChI is InChI=1S/C13H17N5O3S/c1-9(10-3-5-11(6-4-10)22(14,20)21)15-13(19)16-12-7-8-18(2)17-12/h3-9H,1-2H3,(H2,14,20,21)(H2,15,16,17,19). The zero-order chi connectivity index (χ0) is 16.3. The Labute approximate surface area is 128 Å². The van der Waals surface area contributed by atoms with Crippen molar-refractivity contribution in [3.8, 4) is 0 Å². The molecule has 2 amide bonds. The van der Waals surface area contributed by atoms with Crippen LogP contribution in [0.25, 0.3) is 0 Å². The number of carbonyl (C=O) groups is 1. The van der Waals surface area contributed by atoms with Crippen LogP contribution in [0, 0.1) is 0 Å². The molecule has 0 saturated heterocycles. The molecule has 8 nitrogen and oxygen atoms in total. The van der Waals surface area contributed by atoms with Crippen molar-refractivity contribution in [3.05, 3.63) is 42.1 Å². The Kier molecular flexibility index (Phi) is 4.48. The molecule has 1 heterocycles. The van der Waals surface area contributed by atoms with Crippen LogP contribution in [-0.4, -0.2) is 24.2 Å². The van der Waals surface area contributed by atoms with E-state index in [9.17, 15) is 13.2 Å². The van der Waals surface area contributed by atoms with E-state index in [1.165, 1.54) is 12.1 Å². The number of nitrogens with two attached hydrogens (primary N) is 1. The molecule has 2 aromatic rings. The second-order valence-corrected chi connectivity index (χ2v) is 6.37. The van der Waals surface area contributed by atoms with Gasteiger partial charge in [0.2, 0.25) is 10.0 Å². The highest BCUT2D eigenvalue weighted by Crippen LogP contribution is 2.15. The van der Waals surface area contributed by atoms with Crippen LogP contribution in [-0.2, 0) is 17.1 Å². The Bertz CT molecular complexity index is 767. The number of primary sulfonamides is 1. The van der Waals surface area contributed by atoms with E-state index in [4.69, 9.17) is 5.14 Å². The molecule has 0 spiro atoms. The van der Waals surface area contributed by atoms with E-state index in [1.54, 1.807) is 43.0 Å². The molecule has 0 bridgehead atoms. The molecule has 22 heavy (non-hydrogen) atoms. The lowest BCUT2D eigenvalue weighted by Crippen LogP contribution is -2.31. The summed E-state index contributed by atoms with van der Waals surface area (Å²) in [5.74, 6) is 0.441. The summed E-state index contributed by atoms with van der Waals surface area (Å²) >= 11 is 0. The summed E-state index contributed by atoms with van der Waals surface area (Å²) in [5.41, 5.74) is 0.753. The number of urea groups is 1. The van der Waals surface area contributed by atoms with Crippen molar-refractivity contribution in [1.29, 1.82) is 0 Å². The van der Waals surface area contributed by atoms with Crippen LogP contribution in [0.3, 0.4) is 0 Å². The molecule has 1 aromatic heterocycles. The monoisotopic (exact) mass is 323 g/mol. The van der Waals surface area contributed by atoms with Crippen molar-refractivity contribution in [2.45, 2.75) is 17.9 Å². The lowest BCUT2D eigenvalue weighted by molar-refractivity contribution is 0.249. The van der Waals surface area contributed by atoms with Crippen LogP contribution in [0.4, 0.5) is 10.6 Å². The highest BCUT2D eigenvalue weighted by Gasteiger charge is 2.12. The summed E-state index contributed by atoms with van der Waals surface area (Å²) in [5, 5.41) is 14.4. The molecule has 0 saturated carbocycles. The first-order valence-corrected chi connectivity index (χ1v) is 8.00. The van der Waals surface area contributed by atoms with Crippen LogP contribution in [0.15, 0.2) is 41.4 Å². The topological polar surface area (TPSA) is 119 Å². The van der Waals surface area contributed by atoms with Crippen molar-refractivity contribution in [3.63, 3.8) is 0 Å². The van der Waals surface area contributed by atoms with Gasteiger partial charge in [-0.05, 0) is 24.6 Å². The summed E-state index contributed by atoms with van der Waals surface area (Å²) in [4.78, 5) is 11.9. The Hall–Kier alpha value is -2.39. The van der Waals surface area contributed by atoms with E-state index in [-0.39, 0.29) is 10.9 Å². The lowest BCUT2D eigenvalue weighted by Gasteiger charge is -2.14. The number of aromatic nitrogens is 2. The quantitative estimate of drug-likeness (QED) is 0.776. The zero-order valence-electron chi connectivity index (χ0n) is 12.1. The van der Waals surface area contributed by atoms with Gasteiger partial charge in [0.1, 0.15) is 0 Å². The third kappa shape index (κ3) is 4.06. The van der Waals surface area contributed by atoms with Gasteiger partial charge in [-0.1, -0.05) is 12.1 Å². The average molecular weight is 323 g/mol. The molecular formula is C13H17N5O3S. The molecule has 0 aliphatic heterocycles. The number of sulfonamides is 1. The number of rotatable bonds is 4. The summed E-state index contributed by atoms with van der Waals surface area (Å²) < 4.78 is 23.9. The zero-order valence-corrected chi connectivity index (χ0v) is 13.0. The maximum absolute atomic E-state index is 11.8. The van der Waals surface area contributed by atoms with Crippen molar-refractivity contribution in [2.75, 3.05) is 5.32 Å². The molecule has 4 N–H and O–H groups in total. The number of benzene rings is 1. The fourth-order valence-corrected chi connectivity index (χ4v) is 2.38.